The van der Waals surface area contributed by atoms with Gasteiger partial charge < -0.3 is 4.42 Å². The van der Waals surface area contributed by atoms with Gasteiger partial charge in [-0.05, 0) is 19.1 Å². The van der Waals surface area contributed by atoms with E-state index < -0.39 is 6.04 Å². The monoisotopic (exact) mass is 330 g/mol. The number of rotatable bonds is 3. The van der Waals surface area contributed by atoms with E-state index in [0.717, 1.165) is 31.2 Å². The predicted molar refractivity (Wildman–Crippen MR) is 85.6 cm³/mol. The molecule has 0 radical (unpaired) electrons. The molecule has 1 unspecified atom stereocenters. The number of nitrogens with zero attached hydrogens (tertiary/aromatic N) is 5. The van der Waals surface area contributed by atoms with E-state index >= 15 is 0 Å². The topological polar surface area (TPSA) is 72.4 Å². The molecule has 3 aliphatic heterocycles. The maximum Gasteiger partial charge on any atom is 0.392 e. The molecule has 0 aromatic carbocycles. The van der Waals surface area contributed by atoms with Crippen molar-refractivity contribution in [2.75, 3.05) is 26.7 Å². The van der Waals surface area contributed by atoms with Crippen molar-refractivity contribution >= 4 is 23.7 Å². The first-order chi connectivity index (χ1) is 11.6. The highest BCUT2D eigenvalue weighted by Gasteiger charge is 2.56. The van der Waals surface area contributed by atoms with Crippen molar-refractivity contribution in [3.05, 3.63) is 24.2 Å². The molecule has 4 heterocycles. The molecule has 126 valence electrons. The number of imide groups is 1. The van der Waals surface area contributed by atoms with E-state index in [4.69, 9.17) is 4.42 Å². The number of amides is 3. The summed E-state index contributed by atoms with van der Waals surface area (Å²) in [5, 5.41) is 0. The smallest absolute Gasteiger partial charge is 0.392 e. The van der Waals surface area contributed by atoms with Gasteiger partial charge in [0, 0.05) is 20.0 Å². The zero-order chi connectivity index (χ0) is 16.8. The van der Waals surface area contributed by atoms with Gasteiger partial charge in [-0.25, -0.2) is 9.69 Å². The fourth-order valence-corrected chi connectivity index (χ4v) is 3.55. The number of amidine groups is 1. The van der Waals surface area contributed by atoms with E-state index in [9.17, 15) is 9.59 Å². The maximum absolute atomic E-state index is 12.8. The van der Waals surface area contributed by atoms with Crippen LogP contribution in [0.25, 0.3) is 0 Å². The van der Waals surface area contributed by atoms with E-state index in [2.05, 4.69) is 9.57 Å². The number of fused-ring (bicyclic) bond motifs is 3. The molecule has 1 saturated heterocycles. The van der Waals surface area contributed by atoms with Crippen LogP contribution in [0.15, 0.2) is 27.8 Å². The largest absolute Gasteiger partial charge is 0.466 e. The number of aliphatic imine (C=N–C) groups is 1. The Morgan fingerprint density at radius 1 is 1.42 bits per heavy atom. The SMILES string of the molecule is CCN1C(=O)C2C(=NC3=[N+](Cc4ccco4)CCCN32)N(C)C1=O. The molecule has 4 rings (SSSR count). The summed E-state index contributed by atoms with van der Waals surface area (Å²) in [5.74, 6) is 1.94. The Labute approximate surface area is 139 Å². The first-order valence-electron chi connectivity index (χ1n) is 8.20. The van der Waals surface area contributed by atoms with Gasteiger partial charge >= 0.3 is 12.0 Å². The molecule has 0 saturated carbocycles. The number of furan rings is 1. The molecule has 3 aliphatic rings. The van der Waals surface area contributed by atoms with Gasteiger partial charge in [-0.2, -0.15) is 0 Å². The first kappa shape index (κ1) is 14.9. The van der Waals surface area contributed by atoms with Gasteiger partial charge in [0.15, 0.2) is 0 Å². The Bertz CT molecular complexity index is 752. The summed E-state index contributed by atoms with van der Waals surface area (Å²) in [6.45, 7) is 4.38. The molecule has 8 heteroatoms. The Morgan fingerprint density at radius 2 is 2.25 bits per heavy atom. The molecule has 3 amide bonds. The highest BCUT2D eigenvalue weighted by atomic mass is 16.3. The lowest BCUT2D eigenvalue weighted by atomic mass is 10.1. The third-order valence-corrected chi connectivity index (χ3v) is 4.74. The van der Waals surface area contributed by atoms with Crippen molar-refractivity contribution < 1.29 is 18.6 Å². The number of likely N-dealkylation sites (N-methyl/N-ethyl adjacent to an activating group) is 2. The number of carbonyl (C=O) groups is 2. The maximum atomic E-state index is 12.8. The summed E-state index contributed by atoms with van der Waals surface area (Å²) in [5.41, 5.74) is 0. The minimum atomic E-state index is -0.498. The summed E-state index contributed by atoms with van der Waals surface area (Å²) in [4.78, 5) is 34.6. The van der Waals surface area contributed by atoms with Gasteiger partial charge in [0.05, 0.1) is 19.4 Å². The number of urea groups is 1. The highest BCUT2D eigenvalue weighted by Crippen LogP contribution is 2.25. The highest BCUT2D eigenvalue weighted by molar-refractivity contribution is 6.25. The third kappa shape index (κ3) is 2.05. The molecule has 1 aromatic heterocycles. The van der Waals surface area contributed by atoms with Crippen LogP contribution in [0, 0.1) is 0 Å². The molecule has 24 heavy (non-hydrogen) atoms. The summed E-state index contributed by atoms with van der Waals surface area (Å²) in [6.07, 6.45) is 2.58. The fourth-order valence-electron chi connectivity index (χ4n) is 3.55. The first-order valence-corrected chi connectivity index (χ1v) is 8.20. The van der Waals surface area contributed by atoms with Gasteiger partial charge in [-0.3, -0.25) is 19.2 Å². The van der Waals surface area contributed by atoms with Crippen LogP contribution in [0.2, 0.25) is 0 Å². The number of carbonyl (C=O) groups excluding carboxylic acids is 2. The Balaban J connectivity index is 1.74. The summed E-state index contributed by atoms with van der Waals surface area (Å²) in [6, 6.07) is 2.98. The summed E-state index contributed by atoms with van der Waals surface area (Å²) < 4.78 is 7.54. The van der Waals surface area contributed by atoms with Gasteiger partial charge in [0.1, 0.15) is 12.3 Å². The molecule has 8 nitrogen and oxygen atoms in total. The molecular weight excluding hydrogens is 310 g/mol. The summed E-state index contributed by atoms with van der Waals surface area (Å²) >= 11 is 0. The van der Waals surface area contributed by atoms with Crippen LogP contribution < -0.4 is 0 Å². The van der Waals surface area contributed by atoms with E-state index in [1.165, 1.54) is 9.80 Å². The molecule has 0 aliphatic carbocycles. The minimum absolute atomic E-state index is 0.186. The Kier molecular flexibility index (Phi) is 3.40. The van der Waals surface area contributed by atoms with Gasteiger partial charge in [0.25, 0.3) is 5.91 Å². The lowest BCUT2D eigenvalue weighted by Crippen LogP contribution is -2.64. The van der Waals surface area contributed by atoms with E-state index in [1.54, 1.807) is 13.3 Å². The van der Waals surface area contributed by atoms with Crippen LogP contribution in [0.3, 0.4) is 0 Å². The number of guanidine groups is 1. The minimum Gasteiger partial charge on any atom is -0.466 e. The van der Waals surface area contributed by atoms with Crippen LogP contribution in [0.4, 0.5) is 4.79 Å². The second kappa shape index (κ2) is 5.47. The van der Waals surface area contributed by atoms with E-state index in [-0.39, 0.29) is 11.9 Å². The molecule has 1 aromatic rings. The van der Waals surface area contributed by atoms with Crippen LogP contribution in [0.1, 0.15) is 19.1 Å². The number of hydrogen-bond donors (Lipinski definition) is 0. The zero-order valence-corrected chi connectivity index (χ0v) is 13.8. The molecule has 1 fully saturated rings. The van der Waals surface area contributed by atoms with Crippen molar-refractivity contribution in [3.8, 4) is 0 Å². The van der Waals surface area contributed by atoms with Gasteiger partial charge in [0.2, 0.25) is 11.9 Å². The lowest BCUT2D eigenvalue weighted by molar-refractivity contribution is -0.556. The average molecular weight is 330 g/mol. The standard InChI is InChI=1S/C16H20N5O3/c1-3-20-14(22)12-13(18(2)16(20)23)17-15-19(7-5-8-21(12)15)10-11-6-4-9-24-11/h4,6,9,12H,3,5,7-8,10H2,1-2H3/q+1. The second-order valence-electron chi connectivity index (χ2n) is 6.14. The molecule has 0 bridgehead atoms. The second-order valence-corrected chi connectivity index (χ2v) is 6.14. The van der Waals surface area contributed by atoms with Crippen LogP contribution in [-0.4, -0.2) is 75.7 Å². The predicted octanol–water partition coefficient (Wildman–Crippen LogP) is 0.548. The quantitative estimate of drug-likeness (QED) is 0.759. The van der Waals surface area contributed by atoms with Gasteiger partial charge in [-0.1, -0.05) is 4.99 Å². The van der Waals surface area contributed by atoms with Crippen molar-refractivity contribution in [2.45, 2.75) is 25.9 Å². The van der Waals surface area contributed by atoms with Crippen LogP contribution >= 0.6 is 0 Å². The fraction of sp³-hybridized carbons (Fsp3) is 0.500. The van der Waals surface area contributed by atoms with Crippen molar-refractivity contribution in [1.29, 1.82) is 0 Å². The Morgan fingerprint density at radius 3 is 2.96 bits per heavy atom. The van der Waals surface area contributed by atoms with E-state index in [0.29, 0.717) is 18.9 Å². The van der Waals surface area contributed by atoms with Gasteiger partial charge in [-0.15, -0.1) is 0 Å². The van der Waals surface area contributed by atoms with Crippen LogP contribution in [0.5, 0.6) is 0 Å². The molecule has 0 N–H and O–H groups in total. The van der Waals surface area contributed by atoms with Crippen molar-refractivity contribution in [2.24, 2.45) is 4.99 Å². The molecule has 1 atom stereocenters. The summed E-state index contributed by atoms with van der Waals surface area (Å²) in [7, 11) is 1.68. The Hall–Kier alpha value is -2.64. The lowest BCUT2D eigenvalue weighted by Gasteiger charge is -2.35. The van der Waals surface area contributed by atoms with Crippen LogP contribution in [-0.2, 0) is 11.3 Å². The van der Waals surface area contributed by atoms with E-state index in [1.807, 2.05) is 24.0 Å². The normalized spacial score (nSPS) is 23.7. The van der Waals surface area contributed by atoms with Crippen molar-refractivity contribution in [3.63, 3.8) is 0 Å². The average Bonchev–Trinajstić information content (AvgIpc) is 3.21. The zero-order valence-electron chi connectivity index (χ0n) is 13.8. The molecule has 0 spiro atoms. The number of hydrogen-bond acceptors (Lipinski definition) is 5. The molecular formula is C16H20N5O3+. The third-order valence-electron chi connectivity index (χ3n) is 4.74. The van der Waals surface area contributed by atoms with Crippen molar-refractivity contribution in [1.82, 2.24) is 14.7 Å².